The fraction of sp³-hybridized carbons (Fsp3) is 0.143. The highest BCUT2D eigenvalue weighted by molar-refractivity contribution is 7.24. The van der Waals surface area contributed by atoms with Gasteiger partial charge in [-0.25, -0.2) is 9.59 Å². The fourth-order valence-corrected chi connectivity index (χ4v) is 7.43. The maximum absolute atomic E-state index is 13.1. The molecule has 0 atom stereocenters. The van der Waals surface area contributed by atoms with Crippen molar-refractivity contribution in [1.29, 1.82) is 0 Å². The SMILES string of the molecule is CCOC(=O)c1cc2sc3nnc(nn3)sc3ccc(cc3)sc3ccc(cc3)sc3nnc(nn3)sc1cc2C(=O)OCC. The Morgan fingerprint density at radius 1 is 0.489 bits per heavy atom. The van der Waals surface area contributed by atoms with Gasteiger partial charge in [0.2, 0.25) is 0 Å². The van der Waals surface area contributed by atoms with Gasteiger partial charge in [-0.15, -0.1) is 52.1 Å². The summed E-state index contributed by atoms with van der Waals surface area (Å²) in [6, 6.07) is 19.1. The van der Waals surface area contributed by atoms with Crippen LogP contribution in [0.15, 0.2) is 60.7 Å². The van der Waals surface area contributed by atoms with Crippen molar-refractivity contribution in [1.82, 2.24) is 40.8 Å². The molecule has 15 rings (SSSR count). The van der Waals surface area contributed by atoms with Gasteiger partial charge in [0.25, 0.3) is 19.8 Å². The number of benzene rings is 3. The number of hydrogen-bond acceptors (Lipinski definition) is 17. The number of aromatic nitrogens is 8. The Morgan fingerprint density at radius 2 is 0.778 bits per heavy atom. The number of hydrogen-bond donors (Lipinski definition) is 0. The number of rotatable bonds is 4. The quantitative estimate of drug-likeness (QED) is 0.171. The molecule has 45 heavy (non-hydrogen) atoms. The molecule has 17 heteroatoms. The molecule has 12 heterocycles. The Balaban J connectivity index is 1.66. The molecule has 0 aliphatic heterocycles. The lowest BCUT2D eigenvalue weighted by Crippen LogP contribution is -2.08. The Hall–Kier alpha value is -4.42. The van der Waals surface area contributed by atoms with Crippen LogP contribution in [0.25, 0.3) is 48.0 Å². The van der Waals surface area contributed by atoms with E-state index in [4.69, 9.17) is 9.47 Å². The number of nitrogens with zero attached hydrogens (tertiary/aromatic N) is 8. The molecular weight excluding hydrogens is 673 g/mol. The molecule has 226 valence electrons. The van der Waals surface area contributed by atoms with Gasteiger partial charge < -0.3 is 9.47 Å². The van der Waals surface area contributed by atoms with E-state index in [0.29, 0.717) is 19.3 Å². The molecule has 0 unspecified atom stereocenters. The lowest BCUT2D eigenvalue weighted by molar-refractivity contribution is 0.0515. The van der Waals surface area contributed by atoms with Crippen molar-refractivity contribution in [2.75, 3.05) is 13.2 Å². The maximum Gasteiger partial charge on any atom is 0.339 e. The van der Waals surface area contributed by atoms with E-state index >= 15 is 0 Å². The average molecular weight is 693 g/mol. The molecule has 0 spiro atoms. The third kappa shape index (κ3) is 7.63. The van der Waals surface area contributed by atoms with Gasteiger partial charge >= 0.3 is 11.9 Å². The molecule has 0 aliphatic rings. The van der Waals surface area contributed by atoms with Crippen molar-refractivity contribution in [2.45, 2.75) is 13.8 Å². The zero-order valence-electron chi connectivity index (χ0n) is 23.4. The van der Waals surface area contributed by atoms with Crippen LogP contribution < -0.4 is 0 Å². The van der Waals surface area contributed by atoms with E-state index in [-0.39, 0.29) is 34.3 Å². The van der Waals surface area contributed by atoms with Gasteiger partial charge in [0.1, 0.15) is 0 Å². The van der Waals surface area contributed by atoms with Crippen molar-refractivity contribution in [3.05, 3.63) is 71.8 Å². The lowest BCUT2D eigenvalue weighted by Gasteiger charge is -2.07. The molecule has 10 bridgehead atoms. The lowest BCUT2D eigenvalue weighted by atomic mass is 10.1. The Morgan fingerprint density at radius 3 is 1.09 bits per heavy atom. The second kappa shape index (κ2) is 14.1. The first-order valence-electron chi connectivity index (χ1n) is 13.2. The average Bonchev–Trinajstić information content (AvgIpc) is 3.05. The second-order valence-corrected chi connectivity index (χ2v) is 13.9. The van der Waals surface area contributed by atoms with Crippen molar-refractivity contribution in [3.63, 3.8) is 0 Å². The molecule has 12 nitrogen and oxygen atoms in total. The van der Waals surface area contributed by atoms with E-state index in [1.165, 1.54) is 34.8 Å². The van der Waals surface area contributed by atoms with Crippen LogP contribution in [0, 0.1) is 0 Å². The van der Waals surface area contributed by atoms with E-state index in [1.807, 2.05) is 48.5 Å². The summed E-state index contributed by atoms with van der Waals surface area (Å²) >= 11 is 6.33. The van der Waals surface area contributed by atoms with Gasteiger partial charge in [0, 0.05) is 28.2 Å². The molecular formula is C28H20N8O4S5. The van der Waals surface area contributed by atoms with Gasteiger partial charge in [-0.2, -0.15) is 0 Å². The molecule has 0 aliphatic carbocycles. The first-order chi connectivity index (χ1) is 22.0. The van der Waals surface area contributed by atoms with Crippen LogP contribution in [-0.2, 0) is 9.47 Å². The zero-order valence-corrected chi connectivity index (χ0v) is 27.5. The van der Waals surface area contributed by atoms with Crippen molar-refractivity contribution < 1.29 is 19.1 Å². The topological polar surface area (TPSA) is 156 Å². The largest absolute Gasteiger partial charge is 0.462 e. The number of esters is 2. The minimum atomic E-state index is -0.598. The normalized spacial score (nSPS) is 10.8. The first-order valence-corrected chi connectivity index (χ1v) is 17.3. The predicted molar refractivity (Wildman–Crippen MR) is 179 cm³/mol. The summed E-state index contributed by atoms with van der Waals surface area (Å²) in [6.45, 7) is 3.71. The molecule has 0 amide bonds. The summed E-state index contributed by atoms with van der Waals surface area (Å²) in [5.41, 5.74) is 0.360. The highest BCUT2D eigenvalue weighted by Crippen LogP contribution is 2.27. The summed E-state index contributed by atoms with van der Waals surface area (Å²) in [5.74, 6) is -1.20. The monoisotopic (exact) mass is 692 g/mol. The number of carbonyl (C=O) groups is 2. The van der Waals surface area contributed by atoms with E-state index in [2.05, 4.69) is 40.8 Å². The Labute approximate surface area is 274 Å². The molecule has 12 aromatic heterocycles. The summed E-state index contributed by atoms with van der Waals surface area (Å²) in [6.07, 6.45) is 0. The van der Waals surface area contributed by atoms with Gasteiger partial charge in [0.15, 0.2) is 0 Å². The minimum Gasteiger partial charge on any atom is -0.462 e. The molecule has 0 radical (unpaired) electrons. The maximum atomic E-state index is 13.1. The summed E-state index contributed by atoms with van der Waals surface area (Å²) in [7, 11) is 0. The van der Waals surface area contributed by atoms with Gasteiger partial charge in [0.05, 0.1) is 24.3 Å². The third-order valence-corrected chi connectivity index (χ3v) is 10.2. The smallest absolute Gasteiger partial charge is 0.339 e. The third-order valence-electron chi connectivity index (χ3n) is 5.66. The van der Waals surface area contributed by atoms with Crippen LogP contribution in [0.1, 0.15) is 34.6 Å². The molecule has 15 aromatic rings. The predicted octanol–water partition coefficient (Wildman–Crippen LogP) is 7.21. The van der Waals surface area contributed by atoms with Crippen LogP contribution >= 0.6 is 56.7 Å². The van der Waals surface area contributed by atoms with Crippen LogP contribution in [0.3, 0.4) is 0 Å². The van der Waals surface area contributed by atoms with Crippen LogP contribution in [0.5, 0.6) is 0 Å². The Bertz CT molecular complexity index is 2050. The highest BCUT2D eigenvalue weighted by atomic mass is 32.1. The minimum absolute atomic E-state index is 0.148. The van der Waals surface area contributed by atoms with E-state index in [9.17, 15) is 9.59 Å². The van der Waals surface area contributed by atoms with Crippen molar-refractivity contribution in [3.8, 4) is 0 Å². The number of ether oxygens (including phenoxy) is 2. The molecule has 0 fully saturated rings. The molecule has 0 saturated heterocycles. The van der Waals surface area contributed by atoms with Crippen molar-refractivity contribution in [2.24, 2.45) is 0 Å². The van der Waals surface area contributed by atoms with Gasteiger partial charge in [-0.05, 0) is 74.5 Å². The van der Waals surface area contributed by atoms with Crippen LogP contribution in [0.2, 0.25) is 0 Å². The molecule has 0 saturated carbocycles. The summed E-state index contributed by atoms with van der Waals surface area (Å²) in [5, 5.41) is 33.7. The van der Waals surface area contributed by atoms with Gasteiger partial charge in [-0.1, -0.05) is 45.3 Å². The van der Waals surface area contributed by atoms with Crippen LogP contribution in [0.4, 0.5) is 0 Å². The van der Waals surface area contributed by atoms with E-state index in [0.717, 1.165) is 41.5 Å². The highest BCUT2D eigenvalue weighted by Gasteiger charge is 2.18. The summed E-state index contributed by atoms with van der Waals surface area (Å²) < 4.78 is 15.3. The first kappa shape index (κ1) is 30.6. The molecule has 0 N–H and O–H groups in total. The standard InChI is InChI=1S/C28H20N8O4S5/c1-3-39-23(37)19-13-22-20(24(38)40-4-2)14-21(19)44-27-33-29-25(30-34-27)42-17-9-5-15(6-10-17)41-16-7-11-18(12-8-16)43-26-31-35-28(45-22)36-32-26/h5-14H,3-4H2,1-2H3. The second-order valence-electron chi connectivity index (χ2n) is 8.67. The van der Waals surface area contributed by atoms with E-state index in [1.54, 1.807) is 25.2 Å². The Kier molecular flexibility index (Phi) is 9.61. The molecule has 3 aromatic carbocycles. The summed E-state index contributed by atoms with van der Waals surface area (Å²) in [4.78, 5) is 27.2. The fourth-order valence-electron chi connectivity index (χ4n) is 3.75. The zero-order chi connectivity index (χ0) is 31.2. The number of carbonyl (C=O) groups excluding carboxylic acids is 2. The van der Waals surface area contributed by atoms with Gasteiger partial charge in [-0.3, -0.25) is 0 Å². The van der Waals surface area contributed by atoms with E-state index < -0.39 is 11.9 Å². The van der Waals surface area contributed by atoms with Crippen molar-refractivity contribution >= 4 is 117 Å². The van der Waals surface area contributed by atoms with Crippen LogP contribution in [-0.4, -0.2) is 65.9 Å².